The second-order valence-electron chi connectivity index (χ2n) is 5.39. The molecule has 20 heavy (non-hydrogen) atoms. The Morgan fingerprint density at radius 1 is 1.40 bits per heavy atom. The molecule has 0 radical (unpaired) electrons. The summed E-state index contributed by atoms with van der Waals surface area (Å²) < 4.78 is 40.6. The van der Waals surface area contributed by atoms with Crippen LogP contribution in [0.15, 0.2) is 23.1 Å². The van der Waals surface area contributed by atoms with Crippen LogP contribution in [0.1, 0.15) is 31.7 Å². The van der Waals surface area contributed by atoms with E-state index in [9.17, 15) is 17.9 Å². The molecule has 2 rings (SSSR count). The molecule has 0 saturated carbocycles. The Kier molecular flexibility index (Phi) is 4.46. The maximum absolute atomic E-state index is 14.0. The summed E-state index contributed by atoms with van der Waals surface area (Å²) in [5.41, 5.74) is 0.673. The first kappa shape index (κ1) is 15.4. The molecule has 1 aromatic rings. The van der Waals surface area contributed by atoms with Crippen LogP contribution >= 0.6 is 0 Å². The summed E-state index contributed by atoms with van der Waals surface area (Å²) in [5, 5.41) is 9.40. The molecule has 1 aliphatic heterocycles. The molecular formula is C14H20FNO3S. The predicted octanol–water partition coefficient (Wildman–Crippen LogP) is 2.06. The van der Waals surface area contributed by atoms with E-state index in [-0.39, 0.29) is 17.5 Å². The van der Waals surface area contributed by atoms with Crippen molar-refractivity contribution in [3.05, 3.63) is 29.6 Å². The van der Waals surface area contributed by atoms with Crippen LogP contribution in [-0.2, 0) is 10.0 Å². The van der Waals surface area contributed by atoms with E-state index in [4.69, 9.17) is 0 Å². The van der Waals surface area contributed by atoms with Crippen LogP contribution < -0.4 is 0 Å². The smallest absolute Gasteiger partial charge is 0.246 e. The van der Waals surface area contributed by atoms with Crippen molar-refractivity contribution < 1.29 is 17.9 Å². The fraction of sp³-hybridized carbons (Fsp3) is 0.571. The Hall–Kier alpha value is -0.980. The summed E-state index contributed by atoms with van der Waals surface area (Å²) in [7, 11) is -3.92. The molecule has 1 aromatic carbocycles. The Bertz CT molecular complexity index is 588. The van der Waals surface area contributed by atoms with Gasteiger partial charge >= 0.3 is 0 Å². The minimum atomic E-state index is -3.92. The normalized spacial score (nSPS) is 24.8. The summed E-state index contributed by atoms with van der Waals surface area (Å²) >= 11 is 0. The highest BCUT2D eigenvalue weighted by Gasteiger charge is 2.38. The number of halogens is 1. The first-order valence-corrected chi connectivity index (χ1v) is 8.22. The molecule has 1 heterocycles. The average molecular weight is 301 g/mol. The van der Waals surface area contributed by atoms with Gasteiger partial charge in [0, 0.05) is 12.1 Å². The molecular weight excluding hydrogens is 281 g/mol. The van der Waals surface area contributed by atoms with Crippen LogP contribution in [0.3, 0.4) is 0 Å². The number of sulfonamides is 1. The zero-order valence-electron chi connectivity index (χ0n) is 11.7. The van der Waals surface area contributed by atoms with E-state index < -0.39 is 21.9 Å². The van der Waals surface area contributed by atoms with Gasteiger partial charge in [0.25, 0.3) is 0 Å². The standard InChI is InChI=1S/C14H20FNO3S/c1-10-6-7-14(13(15)8-10)20(18,19)16-11(2)4-3-5-12(16)9-17/h6-8,11-12,17H,3-5,9H2,1-2H3/t11-,12-/m1/s1. The van der Waals surface area contributed by atoms with Gasteiger partial charge in [-0.05, 0) is 44.4 Å². The first-order chi connectivity index (χ1) is 9.37. The molecule has 0 aliphatic carbocycles. The quantitative estimate of drug-likeness (QED) is 0.929. The van der Waals surface area contributed by atoms with Gasteiger partial charge in [-0.2, -0.15) is 4.31 Å². The molecule has 6 heteroatoms. The van der Waals surface area contributed by atoms with E-state index in [0.29, 0.717) is 12.0 Å². The molecule has 1 aliphatic rings. The number of hydrogen-bond donors (Lipinski definition) is 1. The van der Waals surface area contributed by atoms with Crippen LogP contribution in [0.25, 0.3) is 0 Å². The minimum absolute atomic E-state index is 0.230. The molecule has 0 spiro atoms. The lowest BCUT2D eigenvalue weighted by atomic mass is 10.0. The third kappa shape index (κ3) is 2.73. The van der Waals surface area contributed by atoms with Gasteiger partial charge in [0.2, 0.25) is 10.0 Å². The summed E-state index contributed by atoms with van der Waals surface area (Å²) in [6.45, 7) is 3.27. The SMILES string of the molecule is Cc1ccc(S(=O)(=O)N2[C@@H](CO)CCC[C@H]2C)c(F)c1. The van der Waals surface area contributed by atoms with Gasteiger partial charge in [0.15, 0.2) is 0 Å². The van der Waals surface area contributed by atoms with E-state index in [1.54, 1.807) is 19.9 Å². The monoisotopic (exact) mass is 301 g/mol. The number of nitrogens with zero attached hydrogens (tertiary/aromatic N) is 1. The molecule has 4 nitrogen and oxygen atoms in total. The van der Waals surface area contributed by atoms with E-state index in [1.807, 2.05) is 0 Å². The van der Waals surface area contributed by atoms with Gasteiger partial charge in [0.05, 0.1) is 6.61 Å². The minimum Gasteiger partial charge on any atom is -0.395 e. The highest BCUT2D eigenvalue weighted by atomic mass is 32.2. The summed E-state index contributed by atoms with van der Waals surface area (Å²) in [4.78, 5) is -0.310. The van der Waals surface area contributed by atoms with Crippen molar-refractivity contribution in [1.29, 1.82) is 0 Å². The summed E-state index contributed by atoms with van der Waals surface area (Å²) in [6, 6.07) is 3.40. The van der Waals surface area contributed by atoms with Gasteiger partial charge in [-0.1, -0.05) is 12.5 Å². The lowest BCUT2D eigenvalue weighted by molar-refractivity contribution is 0.122. The largest absolute Gasteiger partial charge is 0.395 e. The Morgan fingerprint density at radius 2 is 2.10 bits per heavy atom. The molecule has 0 aromatic heterocycles. The second kappa shape index (κ2) is 5.79. The van der Waals surface area contributed by atoms with Crippen molar-refractivity contribution in [3.63, 3.8) is 0 Å². The van der Waals surface area contributed by atoms with E-state index in [1.165, 1.54) is 16.4 Å². The van der Waals surface area contributed by atoms with Crippen molar-refractivity contribution in [2.45, 2.75) is 50.1 Å². The molecule has 2 atom stereocenters. The third-order valence-electron chi connectivity index (χ3n) is 3.81. The van der Waals surface area contributed by atoms with Gasteiger partial charge in [-0.25, -0.2) is 12.8 Å². The van der Waals surface area contributed by atoms with Crippen molar-refractivity contribution in [1.82, 2.24) is 4.31 Å². The summed E-state index contributed by atoms with van der Waals surface area (Å²) in [5.74, 6) is -0.737. The summed E-state index contributed by atoms with van der Waals surface area (Å²) in [6.07, 6.45) is 2.20. The highest BCUT2D eigenvalue weighted by Crippen LogP contribution is 2.30. The third-order valence-corrected chi connectivity index (χ3v) is 5.91. The molecule has 1 N–H and O–H groups in total. The maximum atomic E-state index is 14.0. The highest BCUT2D eigenvalue weighted by molar-refractivity contribution is 7.89. The van der Waals surface area contributed by atoms with E-state index >= 15 is 0 Å². The lowest BCUT2D eigenvalue weighted by Crippen LogP contribution is -2.50. The van der Waals surface area contributed by atoms with Crippen molar-refractivity contribution in [2.24, 2.45) is 0 Å². The molecule has 1 saturated heterocycles. The van der Waals surface area contributed by atoms with Crippen LogP contribution in [-0.4, -0.2) is 36.5 Å². The second-order valence-corrected chi connectivity index (χ2v) is 7.20. The van der Waals surface area contributed by atoms with Gasteiger partial charge < -0.3 is 5.11 Å². The number of aliphatic hydroxyl groups is 1. The number of hydrogen-bond acceptors (Lipinski definition) is 3. The number of benzene rings is 1. The number of rotatable bonds is 3. The zero-order valence-corrected chi connectivity index (χ0v) is 12.5. The van der Waals surface area contributed by atoms with Crippen molar-refractivity contribution in [3.8, 4) is 0 Å². The topological polar surface area (TPSA) is 57.6 Å². The fourth-order valence-electron chi connectivity index (χ4n) is 2.80. The molecule has 0 amide bonds. The molecule has 0 unspecified atom stereocenters. The number of aliphatic hydroxyl groups excluding tert-OH is 1. The Morgan fingerprint density at radius 3 is 2.70 bits per heavy atom. The van der Waals surface area contributed by atoms with Crippen molar-refractivity contribution in [2.75, 3.05) is 6.61 Å². The number of aryl methyl sites for hydroxylation is 1. The Labute approximate surface area is 119 Å². The van der Waals surface area contributed by atoms with Gasteiger partial charge in [-0.15, -0.1) is 0 Å². The van der Waals surface area contributed by atoms with Crippen LogP contribution in [0.2, 0.25) is 0 Å². The first-order valence-electron chi connectivity index (χ1n) is 6.78. The maximum Gasteiger partial charge on any atom is 0.246 e. The van der Waals surface area contributed by atoms with Crippen LogP contribution in [0.5, 0.6) is 0 Å². The van der Waals surface area contributed by atoms with Crippen LogP contribution in [0, 0.1) is 12.7 Å². The van der Waals surface area contributed by atoms with Gasteiger partial charge in [-0.3, -0.25) is 0 Å². The Balaban J connectivity index is 2.47. The van der Waals surface area contributed by atoms with Gasteiger partial charge in [0.1, 0.15) is 10.7 Å². The predicted molar refractivity (Wildman–Crippen MR) is 74.3 cm³/mol. The fourth-order valence-corrected chi connectivity index (χ4v) is 4.71. The molecule has 1 fully saturated rings. The van der Waals surface area contributed by atoms with Crippen molar-refractivity contribution >= 4 is 10.0 Å². The van der Waals surface area contributed by atoms with E-state index in [0.717, 1.165) is 12.8 Å². The lowest BCUT2D eigenvalue weighted by Gasteiger charge is -2.38. The molecule has 112 valence electrons. The number of piperidine rings is 1. The average Bonchev–Trinajstić information content (AvgIpc) is 2.37. The van der Waals surface area contributed by atoms with E-state index in [2.05, 4.69) is 0 Å². The zero-order chi connectivity index (χ0) is 14.9. The molecule has 0 bridgehead atoms. The van der Waals surface area contributed by atoms with Crippen LogP contribution in [0.4, 0.5) is 4.39 Å².